The monoisotopic (exact) mass is 566 g/mol. The number of nitrogens with zero attached hydrogens (tertiary/aromatic N) is 4. The molecule has 0 spiro atoms. The summed E-state index contributed by atoms with van der Waals surface area (Å²) in [5, 5.41) is 0. The molecule has 1 fully saturated rings. The zero-order valence-corrected chi connectivity index (χ0v) is 22.7. The fourth-order valence-corrected chi connectivity index (χ4v) is 4.71. The third-order valence-electron chi connectivity index (χ3n) is 6.71. The third kappa shape index (κ3) is 8.12. The van der Waals surface area contributed by atoms with Crippen LogP contribution in [0.5, 0.6) is 5.75 Å². The second kappa shape index (κ2) is 13.7. The molecule has 0 saturated carbocycles. The van der Waals surface area contributed by atoms with E-state index in [0.717, 1.165) is 18.7 Å². The average Bonchev–Trinajstić information content (AvgIpc) is 2.91. The van der Waals surface area contributed by atoms with E-state index in [2.05, 4.69) is 4.90 Å². The molecule has 3 aromatic rings. The van der Waals surface area contributed by atoms with Gasteiger partial charge in [0.2, 0.25) is 0 Å². The molecule has 1 saturated heterocycles. The summed E-state index contributed by atoms with van der Waals surface area (Å²) in [5.41, 5.74) is 1.71. The van der Waals surface area contributed by atoms with E-state index in [1.807, 2.05) is 42.2 Å². The first-order valence-electron chi connectivity index (χ1n) is 12.9. The number of para-hydroxylation sites is 2. The molecule has 0 amide bonds. The van der Waals surface area contributed by atoms with Crippen LogP contribution in [0.25, 0.3) is 0 Å². The molecule has 0 N–H and O–H groups in total. The number of aryl methyl sites for hydroxylation is 1. The van der Waals surface area contributed by atoms with Gasteiger partial charge in [-0.2, -0.15) is 13.2 Å². The van der Waals surface area contributed by atoms with Gasteiger partial charge in [-0.05, 0) is 37.1 Å². The van der Waals surface area contributed by atoms with Crippen molar-refractivity contribution in [2.24, 2.45) is 0 Å². The van der Waals surface area contributed by atoms with Crippen LogP contribution in [0.2, 0.25) is 0 Å². The molecule has 39 heavy (non-hydrogen) atoms. The van der Waals surface area contributed by atoms with Gasteiger partial charge in [0, 0.05) is 44.5 Å². The highest BCUT2D eigenvalue weighted by Crippen LogP contribution is 2.30. The molecule has 2 aromatic carbocycles. The Morgan fingerprint density at radius 2 is 1.56 bits per heavy atom. The number of alkyl halides is 3. The van der Waals surface area contributed by atoms with E-state index < -0.39 is 12.8 Å². The lowest BCUT2D eigenvalue weighted by Gasteiger charge is -2.36. The summed E-state index contributed by atoms with van der Waals surface area (Å²) in [7, 11) is 0. The Kier molecular flexibility index (Phi) is 10.7. The molecular weight excluding hydrogens is 533 g/mol. The number of aromatic nitrogens is 2. The Bertz CT molecular complexity index is 1320. The Hall–Kier alpha value is -3.24. The Balaban J connectivity index is 0.00000420. The van der Waals surface area contributed by atoms with Gasteiger partial charge in [-0.3, -0.25) is 18.8 Å². The molecular formula is C28H34ClF3N4O3. The maximum absolute atomic E-state index is 13.1. The van der Waals surface area contributed by atoms with Crippen molar-refractivity contribution in [2.45, 2.75) is 39.0 Å². The smallest absolute Gasteiger partial charge is 0.422 e. The van der Waals surface area contributed by atoms with Gasteiger partial charge in [0.1, 0.15) is 5.75 Å². The molecule has 0 unspecified atom stereocenters. The van der Waals surface area contributed by atoms with Crippen LogP contribution in [0.15, 0.2) is 70.4 Å². The van der Waals surface area contributed by atoms with Gasteiger partial charge < -0.3 is 9.64 Å². The van der Waals surface area contributed by atoms with Crippen molar-refractivity contribution in [3.63, 3.8) is 0 Å². The summed E-state index contributed by atoms with van der Waals surface area (Å²) >= 11 is 0. The lowest BCUT2D eigenvalue weighted by Crippen LogP contribution is -2.47. The largest absolute Gasteiger partial charge is 0.482 e. The van der Waals surface area contributed by atoms with Gasteiger partial charge in [-0.1, -0.05) is 49.4 Å². The van der Waals surface area contributed by atoms with E-state index in [1.54, 1.807) is 35.0 Å². The maximum atomic E-state index is 13.1. The van der Waals surface area contributed by atoms with Crippen LogP contribution < -0.4 is 20.9 Å². The van der Waals surface area contributed by atoms with Gasteiger partial charge in [0.05, 0.1) is 12.2 Å². The van der Waals surface area contributed by atoms with Crippen LogP contribution in [0.4, 0.5) is 18.9 Å². The maximum Gasteiger partial charge on any atom is 0.422 e. The molecule has 1 aliphatic heterocycles. The van der Waals surface area contributed by atoms with E-state index in [9.17, 15) is 22.8 Å². The van der Waals surface area contributed by atoms with E-state index in [0.29, 0.717) is 56.8 Å². The Morgan fingerprint density at radius 1 is 0.897 bits per heavy atom. The highest BCUT2D eigenvalue weighted by atomic mass is 35.5. The molecule has 7 nitrogen and oxygen atoms in total. The number of piperazine rings is 1. The Morgan fingerprint density at radius 3 is 2.23 bits per heavy atom. The molecule has 4 rings (SSSR count). The average molecular weight is 567 g/mol. The predicted molar refractivity (Wildman–Crippen MR) is 148 cm³/mol. The van der Waals surface area contributed by atoms with Gasteiger partial charge in [0.15, 0.2) is 6.61 Å². The summed E-state index contributed by atoms with van der Waals surface area (Å²) in [6.45, 7) is 4.74. The van der Waals surface area contributed by atoms with E-state index in [1.165, 1.54) is 4.57 Å². The highest BCUT2D eigenvalue weighted by molar-refractivity contribution is 5.85. The van der Waals surface area contributed by atoms with Crippen LogP contribution in [-0.4, -0.2) is 59.5 Å². The minimum absolute atomic E-state index is 0. The lowest BCUT2D eigenvalue weighted by atomic mass is 10.2. The van der Waals surface area contributed by atoms with Gasteiger partial charge in [0.25, 0.3) is 5.56 Å². The number of hydrogen-bond acceptors (Lipinski definition) is 5. The number of rotatable bonds is 10. The first-order chi connectivity index (χ1) is 18.2. The lowest BCUT2D eigenvalue weighted by molar-refractivity contribution is -0.153. The standard InChI is InChI=1S/C28H33F3N4O3.ClH/c1-2-23-20-34(19-22-9-4-3-5-10-22)27(37)35(26(23)36)14-8-13-32-15-17-33(18-16-32)24-11-6-7-12-25(24)38-21-28(29,30)31;/h3-7,9-12,20H,2,8,13-19,21H2,1H3;1H. The summed E-state index contributed by atoms with van der Waals surface area (Å²) in [5.74, 6) is 0.222. The molecule has 1 aromatic heterocycles. The molecule has 0 radical (unpaired) electrons. The summed E-state index contributed by atoms with van der Waals surface area (Å²) in [4.78, 5) is 30.3. The van der Waals surface area contributed by atoms with Crippen molar-refractivity contribution in [3.05, 3.63) is 92.8 Å². The van der Waals surface area contributed by atoms with Crippen LogP contribution >= 0.6 is 12.4 Å². The number of hydrogen-bond donors (Lipinski definition) is 0. The van der Waals surface area contributed by atoms with Crippen LogP contribution in [0.3, 0.4) is 0 Å². The molecule has 2 heterocycles. The van der Waals surface area contributed by atoms with Gasteiger partial charge in [-0.15, -0.1) is 12.4 Å². The fraction of sp³-hybridized carbons (Fsp3) is 0.429. The fourth-order valence-electron chi connectivity index (χ4n) is 4.71. The summed E-state index contributed by atoms with van der Waals surface area (Å²) in [6.07, 6.45) is -1.54. The van der Waals surface area contributed by atoms with Gasteiger partial charge in [-0.25, -0.2) is 4.79 Å². The van der Waals surface area contributed by atoms with E-state index in [4.69, 9.17) is 4.74 Å². The quantitative estimate of drug-likeness (QED) is 0.368. The van der Waals surface area contributed by atoms with Crippen LogP contribution in [0.1, 0.15) is 24.5 Å². The van der Waals surface area contributed by atoms with E-state index >= 15 is 0 Å². The van der Waals surface area contributed by atoms with Crippen molar-refractivity contribution in [1.29, 1.82) is 0 Å². The minimum atomic E-state index is -4.39. The number of ether oxygens (including phenoxy) is 1. The zero-order chi connectivity index (χ0) is 27.1. The normalized spacial score (nSPS) is 14.2. The van der Waals surface area contributed by atoms with Crippen molar-refractivity contribution in [2.75, 3.05) is 44.2 Å². The minimum Gasteiger partial charge on any atom is -0.482 e. The van der Waals surface area contributed by atoms with Crippen molar-refractivity contribution in [3.8, 4) is 5.75 Å². The molecule has 11 heteroatoms. The van der Waals surface area contributed by atoms with Crippen LogP contribution in [0, 0.1) is 0 Å². The van der Waals surface area contributed by atoms with E-state index in [-0.39, 0.29) is 29.4 Å². The van der Waals surface area contributed by atoms with Crippen molar-refractivity contribution >= 4 is 18.1 Å². The molecule has 0 aliphatic carbocycles. The number of benzene rings is 2. The summed E-state index contributed by atoms with van der Waals surface area (Å²) in [6, 6.07) is 16.4. The summed E-state index contributed by atoms with van der Waals surface area (Å²) < 4.78 is 45.9. The topological polar surface area (TPSA) is 59.7 Å². The highest BCUT2D eigenvalue weighted by Gasteiger charge is 2.29. The number of anilines is 1. The molecule has 212 valence electrons. The van der Waals surface area contributed by atoms with Crippen molar-refractivity contribution < 1.29 is 17.9 Å². The molecule has 0 atom stereocenters. The first kappa shape index (κ1) is 30.3. The molecule has 0 bridgehead atoms. The second-order valence-electron chi connectivity index (χ2n) is 9.41. The first-order valence-corrected chi connectivity index (χ1v) is 12.9. The third-order valence-corrected chi connectivity index (χ3v) is 6.71. The molecule has 1 aliphatic rings. The van der Waals surface area contributed by atoms with Gasteiger partial charge >= 0.3 is 11.9 Å². The van der Waals surface area contributed by atoms with Crippen molar-refractivity contribution in [1.82, 2.24) is 14.0 Å². The second-order valence-corrected chi connectivity index (χ2v) is 9.41. The SMILES string of the molecule is CCc1cn(Cc2ccccc2)c(=O)n(CCCN2CCN(c3ccccc3OCC(F)(F)F)CC2)c1=O.Cl. The number of halogens is 4. The Labute approximate surface area is 231 Å². The predicted octanol–water partition coefficient (Wildman–Crippen LogP) is 4.20. The zero-order valence-electron chi connectivity index (χ0n) is 21.9. The van der Waals surface area contributed by atoms with Crippen LogP contribution in [-0.2, 0) is 19.5 Å².